The lowest BCUT2D eigenvalue weighted by atomic mass is 9.96. The average Bonchev–Trinajstić information content (AvgIpc) is 2.23. The van der Waals surface area contributed by atoms with Gasteiger partial charge in [-0.15, -0.1) is 0 Å². The Kier molecular flexibility index (Phi) is 2.28. The van der Waals surface area contributed by atoms with Gasteiger partial charge in [-0.1, -0.05) is 11.6 Å². The van der Waals surface area contributed by atoms with Crippen molar-refractivity contribution in [3.8, 4) is 5.88 Å². The monoisotopic (exact) mass is 213 g/mol. The molecule has 1 aromatic carbocycles. The minimum absolute atomic E-state index is 0.399. The van der Waals surface area contributed by atoms with E-state index in [0.717, 1.165) is 11.4 Å². The number of benzene rings is 1. The highest BCUT2D eigenvalue weighted by molar-refractivity contribution is 5.79. The van der Waals surface area contributed by atoms with Gasteiger partial charge in [0, 0.05) is 11.5 Å². The van der Waals surface area contributed by atoms with Crippen molar-refractivity contribution < 1.29 is 4.74 Å². The number of pyridine rings is 1. The molecule has 1 heterocycles. The molecule has 1 saturated carbocycles. The predicted molar refractivity (Wildman–Crippen MR) is 64.7 cm³/mol. The summed E-state index contributed by atoms with van der Waals surface area (Å²) >= 11 is 0. The lowest BCUT2D eigenvalue weighted by Crippen LogP contribution is -2.24. The highest BCUT2D eigenvalue weighted by Gasteiger charge is 2.19. The van der Waals surface area contributed by atoms with Crippen molar-refractivity contribution in [2.75, 3.05) is 0 Å². The fraction of sp³-hybridized carbons (Fsp3) is 0.357. The van der Waals surface area contributed by atoms with Crippen LogP contribution in [0.5, 0.6) is 5.88 Å². The van der Waals surface area contributed by atoms with E-state index in [2.05, 4.69) is 36.2 Å². The zero-order valence-corrected chi connectivity index (χ0v) is 9.44. The van der Waals surface area contributed by atoms with Crippen molar-refractivity contribution in [1.82, 2.24) is 4.98 Å². The molecule has 82 valence electrons. The minimum atomic E-state index is 0.399. The maximum atomic E-state index is 5.78. The Morgan fingerprint density at radius 1 is 1.19 bits per heavy atom. The van der Waals surface area contributed by atoms with Gasteiger partial charge in [0.1, 0.15) is 6.10 Å². The molecule has 0 aliphatic heterocycles. The summed E-state index contributed by atoms with van der Waals surface area (Å²) in [4.78, 5) is 4.52. The zero-order chi connectivity index (χ0) is 11.0. The van der Waals surface area contributed by atoms with Crippen molar-refractivity contribution in [1.29, 1.82) is 0 Å². The third kappa shape index (κ3) is 1.75. The third-order valence-corrected chi connectivity index (χ3v) is 3.16. The highest BCUT2D eigenvalue weighted by atomic mass is 16.5. The fourth-order valence-electron chi connectivity index (χ4n) is 1.95. The summed E-state index contributed by atoms with van der Waals surface area (Å²) in [5.41, 5.74) is 2.28. The molecule has 0 saturated heterocycles. The molecule has 0 radical (unpaired) electrons. The van der Waals surface area contributed by atoms with Gasteiger partial charge in [0.05, 0.1) is 5.52 Å². The molecule has 16 heavy (non-hydrogen) atoms. The Balaban J connectivity index is 1.92. The molecule has 1 aliphatic rings. The van der Waals surface area contributed by atoms with Crippen LogP contribution < -0.4 is 4.74 Å². The SMILES string of the molecule is Cc1ccc2nc(OC3CCC3)ccc2c1. The van der Waals surface area contributed by atoms with Crippen LogP contribution in [0.15, 0.2) is 30.3 Å². The van der Waals surface area contributed by atoms with Gasteiger partial charge in [-0.2, -0.15) is 0 Å². The van der Waals surface area contributed by atoms with Crippen LogP contribution in [0.25, 0.3) is 10.9 Å². The number of hydrogen-bond donors (Lipinski definition) is 0. The quantitative estimate of drug-likeness (QED) is 0.762. The highest BCUT2D eigenvalue weighted by Crippen LogP contribution is 2.25. The van der Waals surface area contributed by atoms with E-state index >= 15 is 0 Å². The number of hydrogen-bond acceptors (Lipinski definition) is 2. The second kappa shape index (κ2) is 3.78. The van der Waals surface area contributed by atoms with Gasteiger partial charge in [0.25, 0.3) is 0 Å². The first kappa shape index (κ1) is 9.64. The summed E-state index contributed by atoms with van der Waals surface area (Å²) in [5.74, 6) is 0.765. The number of ether oxygens (including phenoxy) is 1. The van der Waals surface area contributed by atoms with E-state index in [1.165, 1.54) is 30.2 Å². The molecular weight excluding hydrogens is 198 g/mol. The van der Waals surface area contributed by atoms with E-state index in [-0.39, 0.29) is 0 Å². The van der Waals surface area contributed by atoms with Crippen LogP contribution >= 0.6 is 0 Å². The minimum Gasteiger partial charge on any atom is -0.474 e. The van der Waals surface area contributed by atoms with Gasteiger partial charge in [-0.05, 0) is 44.4 Å². The Bertz CT molecular complexity index is 517. The molecule has 2 aromatic rings. The molecule has 3 rings (SSSR count). The summed E-state index contributed by atoms with van der Waals surface area (Å²) in [6.45, 7) is 2.10. The summed E-state index contributed by atoms with van der Waals surface area (Å²) in [6.07, 6.45) is 4.04. The van der Waals surface area contributed by atoms with E-state index in [1.807, 2.05) is 6.07 Å². The number of aryl methyl sites for hydroxylation is 1. The Hall–Kier alpha value is -1.57. The largest absolute Gasteiger partial charge is 0.474 e. The number of nitrogens with zero attached hydrogens (tertiary/aromatic N) is 1. The van der Waals surface area contributed by atoms with Crippen molar-refractivity contribution in [3.05, 3.63) is 35.9 Å². The number of rotatable bonds is 2. The molecule has 1 fully saturated rings. The Morgan fingerprint density at radius 2 is 2.06 bits per heavy atom. The number of aromatic nitrogens is 1. The fourth-order valence-corrected chi connectivity index (χ4v) is 1.95. The van der Waals surface area contributed by atoms with Crippen molar-refractivity contribution in [2.24, 2.45) is 0 Å². The molecule has 1 aliphatic carbocycles. The van der Waals surface area contributed by atoms with E-state index in [1.54, 1.807) is 0 Å². The normalized spacial score (nSPS) is 16.1. The molecule has 0 bridgehead atoms. The van der Waals surface area contributed by atoms with Gasteiger partial charge < -0.3 is 4.74 Å². The molecular formula is C14H15NO. The van der Waals surface area contributed by atoms with Crippen LogP contribution in [0, 0.1) is 6.92 Å². The molecule has 2 heteroatoms. The summed E-state index contributed by atoms with van der Waals surface area (Å²) in [7, 11) is 0. The lowest BCUT2D eigenvalue weighted by molar-refractivity contribution is 0.115. The van der Waals surface area contributed by atoms with Crippen LogP contribution in [0.1, 0.15) is 24.8 Å². The second-order valence-corrected chi connectivity index (χ2v) is 4.52. The van der Waals surface area contributed by atoms with Gasteiger partial charge in [-0.3, -0.25) is 0 Å². The molecule has 0 amide bonds. The van der Waals surface area contributed by atoms with E-state index in [9.17, 15) is 0 Å². The van der Waals surface area contributed by atoms with Gasteiger partial charge >= 0.3 is 0 Å². The lowest BCUT2D eigenvalue weighted by Gasteiger charge is -2.25. The maximum Gasteiger partial charge on any atom is 0.214 e. The zero-order valence-electron chi connectivity index (χ0n) is 9.44. The number of fused-ring (bicyclic) bond motifs is 1. The van der Waals surface area contributed by atoms with Gasteiger partial charge in [0.2, 0.25) is 5.88 Å². The third-order valence-electron chi connectivity index (χ3n) is 3.16. The van der Waals surface area contributed by atoms with E-state index in [4.69, 9.17) is 4.74 Å². The molecule has 1 aromatic heterocycles. The van der Waals surface area contributed by atoms with E-state index in [0.29, 0.717) is 6.10 Å². The molecule has 2 nitrogen and oxygen atoms in total. The summed E-state index contributed by atoms with van der Waals surface area (Å²) < 4.78 is 5.78. The first-order chi connectivity index (χ1) is 7.81. The van der Waals surface area contributed by atoms with Gasteiger partial charge in [-0.25, -0.2) is 4.98 Å². The summed E-state index contributed by atoms with van der Waals surface area (Å²) in [6, 6.07) is 10.3. The molecule has 0 N–H and O–H groups in total. The first-order valence-corrected chi connectivity index (χ1v) is 5.85. The molecule has 0 atom stereocenters. The van der Waals surface area contributed by atoms with Crippen LogP contribution in [-0.2, 0) is 0 Å². The van der Waals surface area contributed by atoms with Crippen LogP contribution in [0.4, 0.5) is 0 Å². The Morgan fingerprint density at radius 3 is 2.81 bits per heavy atom. The standard InChI is InChI=1S/C14H15NO/c1-10-5-7-13-11(9-10)6-8-14(15-13)16-12-3-2-4-12/h5-9,12H,2-4H2,1H3. The van der Waals surface area contributed by atoms with Crippen LogP contribution in [0.2, 0.25) is 0 Å². The molecule has 0 spiro atoms. The predicted octanol–water partition coefficient (Wildman–Crippen LogP) is 3.47. The first-order valence-electron chi connectivity index (χ1n) is 5.85. The molecule has 0 unspecified atom stereocenters. The topological polar surface area (TPSA) is 22.1 Å². The smallest absolute Gasteiger partial charge is 0.214 e. The van der Waals surface area contributed by atoms with Gasteiger partial charge in [0.15, 0.2) is 0 Å². The van der Waals surface area contributed by atoms with Crippen LogP contribution in [0.3, 0.4) is 0 Å². The van der Waals surface area contributed by atoms with Crippen molar-refractivity contribution >= 4 is 10.9 Å². The average molecular weight is 213 g/mol. The second-order valence-electron chi connectivity index (χ2n) is 4.52. The summed E-state index contributed by atoms with van der Waals surface area (Å²) in [5, 5.41) is 1.18. The maximum absolute atomic E-state index is 5.78. The van der Waals surface area contributed by atoms with Crippen molar-refractivity contribution in [3.63, 3.8) is 0 Å². The Labute approximate surface area is 95.3 Å². The van der Waals surface area contributed by atoms with Crippen molar-refractivity contribution in [2.45, 2.75) is 32.3 Å². The van der Waals surface area contributed by atoms with E-state index < -0.39 is 0 Å². The van der Waals surface area contributed by atoms with Crippen LogP contribution in [-0.4, -0.2) is 11.1 Å².